The van der Waals surface area contributed by atoms with Gasteiger partial charge in [0.15, 0.2) is 17.3 Å². The van der Waals surface area contributed by atoms with E-state index in [1.807, 2.05) is 12.1 Å². The summed E-state index contributed by atoms with van der Waals surface area (Å²) in [4.78, 5) is 37.2. The Balaban J connectivity index is 1.75. The maximum absolute atomic E-state index is 12.6. The molecule has 3 rings (SSSR count). The Kier molecular flexibility index (Phi) is 3.72. The van der Waals surface area contributed by atoms with Crippen LogP contribution in [0.15, 0.2) is 60.7 Å². The summed E-state index contributed by atoms with van der Waals surface area (Å²) in [5.74, 6) is -0.632. The molecular weight excluding hydrogens is 276 g/mol. The number of hydrogen-bond donors (Lipinski definition) is 0. The summed E-state index contributed by atoms with van der Waals surface area (Å²) in [5.41, 5.74) is 0.0885. The van der Waals surface area contributed by atoms with Gasteiger partial charge in [-0.1, -0.05) is 60.7 Å². The Morgan fingerprint density at radius 1 is 0.773 bits per heavy atom. The molecule has 2 aromatic rings. The van der Waals surface area contributed by atoms with Crippen LogP contribution in [0, 0.1) is 5.41 Å². The fraction of sp³-hybridized carbons (Fsp3) is 0.211. The third kappa shape index (κ3) is 2.62. The van der Waals surface area contributed by atoms with Gasteiger partial charge < -0.3 is 0 Å². The van der Waals surface area contributed by atoms with Gasteiger partial charge in [0.05, 0.1) is 11.8 Å². The van der Waals surface area contributed by atoms with E-state index in [2.05, 4.69) is 0 Å². The average molecular weight is 292 g/mol. The summed E-state index contributed by atoms with van der Waals surface area (Å²) in [6.45, 7) is 0. The lowest BCUT2D eigenvalue weighted by atomic mass is 9.87. The largest absolute Gasteiger partial charge is 0.298 e. The fourth-order valence-corrected chi connectivity index (χ4v) is 2.66. The van der Waals surface area contributed by atoms with Gasteiger partial charge in [-0.15, -0.1) is 0 Å². The van der Waals surface area contributed by atoms with Crippen molar-refractivity contribution in [1.29, 1.82) is 0 Å². The number of benzene rings is 2. The normalized spacial score (nSPS) is 15.1. The second kappa shape index (κ2) is 5.68. The molecule has 0 amide bonds. The van der Waals surface area contributed by atoms with Crippen LogP contribution in [0.3, 0.4) is 0 Å². The highest BCUT2D eigenvalue weighted by Crippen LogP contribution is 2.50. The number of Topliss-reactive ketones (excluding diaryl/α,β-unsaturated/α-hetero) is 3. The molecule has 3 nitrogen and oxygen atoms in total. The Hall–Kier alpha value is -2.55. The number of rotatable bonds is 6. The molecular formula is C19H16O3. The smallest absolute Gasteiger partial charge is 0.176 e. The summed E-state index contributed by atoms with van der Waals surface area (Å²) in [6, 6.07) is 17.5. The van der Waals surface area contributed by atoms with Crippen LogP contribution in [0.1, 0.15) is 40.0 Å². The molecule has 0 heterocycles. The van der Waals surface area contributed by atoms with E-state index in [4.69, 9.17) is 0 Å². The van der Waals surface area contributed by atoms with E-state index in [-0.39, 0.29) is 23.8 Å². The van der Waals surface area contributed by atoms with Gasteiger partial charge in [-0.2, -0.15) is 0 Å². The van der Waals surface area contributed by atoms with Crippen molar-refractivity contribution >= 4 is 17.3 Å². The molecule has 0 aromatic heterocycles. The highest BCUT2D eigenvalue weighted by Gasteiger charge is 2.55. The van der Waals surface area contributed by atoms with Crippen molar-refractivity contribution < 1.29 is 14.4 Å². The fourth-order valence-electron chi connectivity index (χ4n) is 2.66. The number of carbonyl (C=O) groups is 3. The molecule has 1 aliphatic carbocycles. The third-order valence-electron chi connectivity index (χ3n) is 4.17. The molecule has 0 saturated heterocycles. The summed E-state index contributed by atoms with van der Waals surface area (Å²) < 4.78 is 0. The zero-order chi connectivity index (χ0) is 15.6. The second-order valence-corrected chi connectivity index (χ2v) is 5.67. The first-order valence-electron chi connectivity index (χ1n) is 7.35. The SMILES string of the molecule is O=C(CC(=O)C1(C(=O)c2ccccc2)CC1)c1ccccc1. The molecule has 0 N–H and O–H groups in total. The molecule has 0 aliphatic heterocycles. The van der Waals surface area contributed by atoms with Crippen molar-refractivity contribution in [3.05, 3.63) is 71.8 Å². The number of carbonyl (C=O) groups excluding carboxylic acids is 3. The Morgan fingerprint density at radius 3 is 1.77 bits per heavy atom. The van der Waals surface area contributed by atoms with Gasteiger partial charge in [0, 0.05) is 11.1 Å². The second-order valence-electron chi connectivity index (χ2n) is 5.67. The lowest BCUT2D eigenvalue weighted by molar-refractivity contribution is -0.121. The number of ketones is 3. The van der Waals surface area contributed by atoms with E-state index in [1.165, 1.54) is 0 Å². The molecule has 1 aliphatic rings. The maximum Gasteiger partial charge on any atom is 0.176 e. The molecule has 1 fully saturated rings. The Labute approximate surface area is 129 Å². The van der Waals surface area contributed by atoms with Crippen LogP contribution in [0.5, 0.6) is 0 Å². The van der Waals surface area contributed by atoms with Crippen LogP contribution in [-0.2, 0) is 4.79 Å². The van der Waals surface area contributed by atoms with Crippen molar-refractivity contribution in [2.45, 2.75) is 19.3 Å². The Morgan fingerprint density at radius 2 is 1.27 bits per heavy atom. The lowest BCUT2D eigenvalue weighted by Crippen LogP contribution is -2.28. The lowest BCUT2D eigenvalue weighted by Gasteiger charge is -2.12. The minimum atomic E-state index is -0.966. The van der Waals surface area contributed by atoms with Gasteiger partial charge in [0.1, 0.15) is 0 Å². The van der Waals surface area contributed by atoms with E-state index in [1.54, 1.807) is 48.5 Å². The van der Waals surface area contributed by atoms with Gasteiger partial charge in [-0.05, 0) is 12.8 Å². The zero-order valence-electron chi connectivity index (χ0n) is 12.1. The van der Waals surface area contributed by atoms with E-state index in [0.717, 1.165) is 0 Å². The average Bonchev–Trinajstić information content (AvgIpc) is 3.37. The minimum Gasteiger partial charge on any atom is -0.298 e. The van der Waals surface area contributed by atoms with Crippen molar-refractivity contribution in [3.8, 4) is 0 Å². The molecule has 0 bridgehead atoms. The summed E-state index contributed by atoms with van der Waals surface area (Å²) in [5, 5.41) is 0. The van der Waals surface area contributed by atoms with Crippen molar-refractivity contribution in [2.75, 3.05) is 0 Å². The number of hydrogen-bond acceptors (Lipinski definition) is 3. The molecule has 110 valence electrons. The summed E-state index contributed by atoms with van der Waals surface area (Å²) in [7, 11) is 0. The van der Waals surface area contributed by atoms with Crippen LogP contribution in [0.2, 0.25) is 0 Å². The van der Waals surface area contributed by atoms with Crippen molar-refractivity contribution in [3.63, 3.8) is 0 Å². The first-order valence-corrected chi connectivity index (χ1v) is 7.35. The third-order valence-corrected chi connectivity index (χ3v) is 4.17. The molecule has 3 heteroatoms. The van der Waals surface area contributed by atoms with Gasteiger partial charge >= 0.3 is 0 Å². The maximum atomic E-state index is 12.6. The zero-order valence-corrected chi connectivity index (χ0v) is 12.1. The van der Waals surface area contributed by atoms with Gasteiger partial charge in [-0.3, -0.25) is 14.4 Å². The molecule has 1 saturated carbocycles. The van der Waals surface area contributed by atoms with Crippen molar-refractivity contribution in [1.82, 2.24) is 0 Å². The van der Waals surface area contributed by atoms with Crippen LogP contribution < -0.4 is 0 Å². The highest BCUT2D eigenvalue weighted by atomic mass is 16.2. The summed E-state index contributed by atoms with van der Waals surface area (Å²) >= 11 is 0. The minimum absolute atomic E-state index is 0.154. The predicted octanol–water partition coefficient (Wildman–Crippen LogP) is 3.49. The van der Waals surface area contributed by atoms with Crippen LogP contribution in [0.25, 0.3) is 0 Å². The van der Waals surface area contributed by atoms with Gasteiger partial charge in [-0.25, -0.2) is 0 Å². The Bertz CT molecular complexity index is 713. The van der Waals surface area contributed by atoms with E-state index in [0.29, 0.717) is 24.0 Å². The molecule has 0 radical (unpaired) electrons. The topological polar surface area (TPSA) is 51.2 Å². The first-order chi connectivity index (χ1) is 10.6. The van der Waals surface area contributed by atoms with E-state index in [9.17, 15) is 14.4 Å². The van der Waals surface area contributed by atoms with Gasteiger partial charge in [0.2, 0.25) is 0 Å². The van der Waals surface area contributed by atoms with E-state index >= 15 is 0 Å². The molecule has 22 heavy (non-hydrogen) atoms. The first kappa shape index (κ1) is 14.4. The molecule has 0 atom stereocenters. The molecule has 0 spiro atoms. The monoisotopic (exact) mass is 292 g/mol. The van der Waals surface area contributed by atoms with Crippen molar-refractivity contribution in [2.24, 2.45) is 5.41 Å². The summed E-state index contributed by atoms with van der Waals surface area (Å²) in [6.07, 6.45) is 0.881. The highest BCUT2D eigenvalue weighted by molar-refractivity contribution is 6.21. The van der Waals surface area contributed by atoms with Crippen LogP contribution in [-0.4, -0.2) is 17.3 Å². The van der Waals surface area contributed by atoms with Gasteiger partial charge in [0.25, 0.3) is 0 Å². The predicted molar refractivity (Wildman–Crippen MR) is 82.8 cm³/mol. The molecule has 0 unspecified atom stereocenters. The van der Waals surface area contributed by atoms with E-state index < -0.39 is 5.41 Å². The molecule has 2 aromatic carbocycles. The standard InChI is InChI=1S/C19H16O3/c20-16(14-7-3-1-4-8-14)13-17(21)19(11-12-19)18(22)15-9-5-2-6-10-15/h1-10H,11-13H2. The van der Waals surface area contributed by atoms with Crippen LogP contribution >= 0.6 is 0 Å². The quantitative estimate of drug-likeness (QED) is 0.605. The van der Waals surface area contributed by atoms with Crippen LogP contribution in [0.4, 0.5) is 0 Å².